The molecule has 1 nitrogen and oxygen atoms in total. The van der Waals surface area contributed by atoms with E-state index in [1.807, 2.05) is 13.1 Å². The maximum Gasteiger partial charge on any atom is 0.124 e. The molecule has 0 heterocycles. The van der Waals surface area contributed by atoms with Gasteiger partial charge >= 0.3 is 0 Å². The Balaban J connectivity index is 2.29. The van der Waals surface area contributed by atoms with Crippen molar-refractivity contribution in [2.45, 2.75) is 30.2 Å². The van der Waals surface area contributed by atoms with E-state index in [0.717, 1.165) is 10.5 Å². The largest absolute Gasteiger partial charge is 0.316 e. The molecule has 0 atom stereocenters. The van der Waals surface area contributed by atoms with Gasteiger partial charge in [0, 0.05) is 16.3 Å². The zero-order chi connectivity index (χ0) is 13.8. The van der Waals surface area contributed by atoms with E-state index in [0.29, 0.717) is 6.54 Å². The van der Waals surface area contributed by atoms with Crippen molar-refractivity contribution < 1.29 is 4.39 Å². The van der Waals surface area contributed by atoms with Crippen LogP contribution in [0.2, 0.25) is 0 Å². The lowest BCUT2D eigenvalue weighted by molar-refractivity contribution is 0.619. The second-order valence-electron chi connectivity index (χ2n) is 4.70. The predicted octanol–water partition coefficient (Wildman–Crippen LogP) is 4.31. The predicted molar refractivity (Wildman–Crippen MR) is 79.2 cm³/mol. The van der Waals surface area contributed by atoms with Crippen LogP contribution < -0.4 is 5.32 Å². The molecule has 0 aliphatic heterocycles. The molecule has 0 bridgehead atoms. The molecule has 19 heavy (non-hydrogen) atoms. The van der Waals surface area contributed by atoms with Crippen molar-refractivity contribution in [1.82, 2.24) is 5.32 Å². The molecule has 0 radical (unpaired) electrons. The van der Waals surface area contributed by atoms with Crippen LogP contribution in [0.25, 0.3) is 0 Å². The first kappa shape index (κ1) is 14.1. The molecule has 0 amide bonds. The van der Waals surface area contributed by atoms with Crippen molar-refractivity contribution in [2.75, 3.05) is 7.05 Å². The number of nitrogens with one attached hydrogen (secondary N) is 1. The highest BCUT2D eigenvalue weighted by Gasteiger charge is 2.05. The summed E-state index contributed by atoms with van der Waals surface area (Å²) in [6.45, 7) is 4.83. The third-order valence-electron chi connectivity index (χ3n) is 2.88. The van der Waals surface area contributed by atoms with E-state index in [2.05, 4.69) is 37.4 Å². The summed E-state index contributed by atoms with van der Waals surface area (Å²) in [5.74, 6) is -0.180. The number of halogens is 1. The molecule has 2 rings (SSSR count). The minimum absolute atomic E-state index is 0.180. The molecule has 3 heteroatoms. The van der Waals surface area contributed by atoms with Gasteiger partial charge in [0.2, 0.25) is 0 Å². The third-order valence-corrected chi connectivity index (χ3v) is 4.01. The van der Waals surface area contributed by atoms with Crippen molar-refractivity contribution in [2.24, 2.45) is 0 Å². The van der Waals surface area contributed by atoms with E-state index in [1.165, 1.54) is 16.0 Å². The summed E-state index contributed by atoms with van der Waals surface area (Å²) in [6.07, 6.45) is 0. The molecular weight excluding hydrogens is 257 g/mol. The van der Waals surface area contributed by atoms with Crippen LogP contribution in [0, 0.1) is 19.7 Å². The van der Waals surface area contributed by atoms with Crippen LogP contribution in [-0.4, -0.2) is 7.05 Å². The molecule has 0 unspecified atom stereocenters. The first-order chi connectivity index (χ1) is 9.08. The number of hydrogen-bond acceptors (Lipinski definition) is 2. The van der Waals surface area contributed by atoms with E-state index in [-0.39, 0.29) is 5.82 Å². The van der Waals surface area contributed by atoms with Gasteiger partial charge in [-0.1, -0.05) is 23.9 Å². The van der Waals surface area contributed by atoms with Gasteiger partial charge in [0.15, 0.2) is 0 Å². The Bertz CT molecular complexity index is 581. The summed E-state index contributed by atoms with van der Waals surface area (Å²) >= 11 is 1.61. The summed E-state index contributed by atoms with van der Waals surface area (Å²) in [5.41, 5.74) is 3.41. The van der Waals surface area contributed by atoms with Gasteiger partial charge in [-0.05, 0) is 61.9 Å². The lowest BCUT2D eigenvalue weighted by Crippen LogP contribution is -2.05. The average molecular weight is 275 g/mol. The van der Waals surface area contributed by atoms with Crippen molar-refractivity contribution in [1.29, 1.82) is 0 Å². The second kappa shape index (κ2) is 6.22. The second-order valence-corrected chi connectivity index (χ2v) is 5.81. The van der Waals surface area contributed by atoms with Crippen LogP contribution in [0.4, 0.5) is 4.39 Å². The fourth-order valence-electron chi connectivity index (χ4n) is 1.93. The third kappa shape index (κ3) is 3.82. The van der Waals surface area contributed by atoms with Gasteiger partial charge in [-0.15, -0.1) is 0 Å². The molecule has 0 saturated heterocycles. The minimum atomic E-state index is -0.180. The van der Waals surface area contributed by atoms with Gasteiger partial charge in [-0.3, -0.25) is 0 Å². The van der Waals surface area contributed by atoms with Gasteiger partial charge in [-0.25, -0.2) is 4.39 Å². The normalized spacial score (nSPS) is 10.7. The van der Waals surface area contributed by atoms with Crippen LogP contribution in [0.5, 0.6) is 0 Å². The van der Waals surface area contributed by atoms with Crippen LogP contribution in [0.1, 0.15) is 16.7 Å². The van der Waals surface area contributed by atoms with Crippen LogP contribution in [-0.2, 0) is 6.54 Å². The fraction of sp³-hybridized carbons (Fsp3) is 0.250. The monoisotopic (exact) mass is 275 g/mol. The lowest BCUT2D eigenvalue weighted by atomic mass is 10.2. The number of hydrogen-bond donors (Lipinski definition) is 1. The lowest BCUT2D eigenvalue weighted by Gasteiger charge is -2.09. The zero-order valence-electron chi connectivity index (χ0n) is 11.5. The molecular formula is C16H18FNS. The van der Waals surface area contributed by atoms with Gasteiger partial charge in [0.05, 0.1) is 0 Å². The van der Waals surface area contributed by atoms with Gasteiger partial charge in [-0.2, -0.15) is 0 Å². The van der Waals surface area contributed by atoms with Crippen molar-refractivity contribution in [3.05, 3.63) is 58.9 Å². The quantitative estimate of drug-likeness (QED) is 0.892. The highest BCUT2D eigenvalue weighted by atomic mass is 32.2. The summed E-state index contributed by atoms with van der Waals surface area (Å²) in [6, 6.07) is 11.5. The standard InChI is InChI=1S/C16H18FNS/c1-11-4-5-12(2)16(6-11)19-15-8-13(10-18-3)7-14(17)9-15/h4-9,18H,10H2,1-3H3. The smallest absolute Gasteiger partial charge is 0.124 e. The summed E-state index contributed by atoms with van der Waals surface area (Å²) in [4.78, 5) is 2.12. The van der Waals surface area contributed by atoms with E-state index in [4.69, 9.17) is 0 Å². The highest BCUT2D eigenvalue weighted by Crippen LogP contribution is 2.32. The maximum absolute atomic E-state index is 13.6. The Morgan fingerprint density at radius 3 is 2.63 bits per heavy atom. The Labute approximate surface area is 118 Å². The maximum atomic E-state index is 13.6. The fourth-order valence-corrected chi connectivity index (χ4v) is 3.04. The number of benzene rings is 2. The number of rotatable bonds is 4. The Kier molecular flexibility index (Phi) is 4.61. The molecule has 0 saturated carbocycles. The van der Waals surface area contributed by atoms with Crippen molar-refractivity contribution in [3.63, 3.8) is 0 Å². The molecule has 2 aromatic rings. The first-order valence-corrected chi connectivity index (χ1v) is 7.09. The minimum Gasteiger partial charge on any atom is -0.316 e. The van der Waals surface area contributed by atoms with Gasteiger partial charge in [0.25, 0.3) is 0 Å². The molecule has 100 valence electrons. The Hall–Kier alpha value is -1.32. The summed E-state index contributed by atoms with van der Waals surface area (Å²) < 4.78 is 13.6. The Morgan fingerprint density at radius 1 is 1.11 bits per heavy atom. The topological polar surface area (TPSA) is 12.0 Å². The summed E-state index contributed by atoms with van der Waals surface area (Å²) in [7, 11) is 1.86. The molecule has 0 aromatic heterocycles. The van der Waals surface area contributed by atoms with E-state index < -0.39 is 0 Å². The Morgan fingerprint density at radius 2 is 1.89 bits per heavy atom. The van der Waals surface area contributed by atoms with Crippen LogP contribution in [0.3, 0.4) is 0 Å². The summed E-state index contributed by atoms with van der Waals surface area (Å²) in [5, 5.41) is 3.05. The van der Waals surface area contributed by atoms with Crippen LogP contribution in [0.15, 0.2) is 46.2 Å². The van der Waals surface area contributed by atoms with Gasteiger partial charge < -0.3 is 5.32 Å². The average Bonchev–Trinajstić information content (AvgIpc) is 2.33. The zero-order valence-corrected chi connectivity index (χ0v) is 12.3. The van der Waals surface area contributed by atoms with Crippen molar-refractivity contribution >= 4 is 11.8 Å². The molecule has 0 spiro atoms. The van der Waals surface area contributed by atoms with E-state index >= 15 is 0 Å². The van der Waals surface area contributed by atoms with Crippen molar-refractivity contribution in [3.8, 4) is 0 Å². The van der Waals surface area contributed by atoms with E-state index in [9.17, 15) is 4.39 Å². The first-order valence-electron chi connectivity index (χ1n) is 6.27. The molecule has 0 fully saturated rings. The molecule has 1 N–H and O–H groups in total. The van der Waals surface area contributed by atoms with Gasteiger partial charge in [0.1, 0.15) is 5.82 Å². The SMILES string of the molecule is CNCc1cc(F)cc(Sc2cc(C)ccc2C)c1. The molecule has 2 aromatic carbocycles. The number of aryl methyl sites for hydroxylation is 2. The van der Waals surface area contributed by atoms with E-state index in [1.54, 1.807) is 23.9 Å². The van der Waals surface area contributed by atoms with Crippen LogP contribution >= 0.6 is 11.8 Å². The molecule has 0 aliphatic rings. The molecule has 0 aliphatic carbocycles. The highest BCUT2D eigenvalue weighted by molar-refractivity contribution is 7.99.